The van der Waals surface area contributed by atoms with Crippen molar-refractivity contribution >= 4 is 11.6 Å². The summed E-state index contributed by atoms with van der Waals surface area (Å²) in [5, 5.41) is 10.8. The van der Waals surface area contributed by atoms with Gasteiger partial charge in [0.1, 0.15) is 18.5 Å². The second-order valence-electron chi connectivity index (χ2n) is 6.27. The minimum atomic E-state index is -0.433. The van der Waals surface area contributed by atoms with E-state index in [1.165, 1.54) is 12.1 Å². The Bertz CT molecular complexity index is 610. The van der Waals surface area contributed by atoms with Crippen molar-refractivity contribution in [2.75, 3.05) is 45.9 Å². The lowest BCUT2D eigenvalue weighted by Crippen LogP contribution is -2.52. The van der Waals surface area contributed by atoms with Crippen molar-refractivity contribution in [3.8, 4) is 5.75 Å². The van der Waals surface area contributed by atoms with E-state index in [2.05, 4.69) is 4.90 Å². The van der Waals surface area contributed by atoms with Crippen molar-refractivity contribution < 1.29 is 19.2 Å². The van der Waals surface area contributed by atoms with Gasteiger partial charge in [-0.05, 0) is 18.9 Å². The number of carbonyl (C=O) groups is 1. The van der Waals surface area contributed by atoms with Crippen LogP contribution >= 0.6 is 0 Å². The summed E-state index contributed by atoms with van der Waals surface area (Å²) in [6, 6.07) is 6.20. The van der Waals surface area contributed by atoms with Gasteiger partial charge in [-0.3, -0.25) is 19.8 Å². The van der Waals surface area contributed by atoms with Crippen LogP contribution in [0.1, 0.15) is 12.8 Å². The average Bonchev–Trinajstić information content (AvgIpc) is 3.17. The van der Waals surface area contributed by atoms with Gasteiger partial charge < -0.3 is 14.4 Å². The molecule has 2 fully saturated rings. The van der Waals surface area contributed by atoms with Gasteiger partial charge in [0.25, 0.3) is 11.6 Å². The minimum Gasteiger partial charge on any atom is -0.492 e. The van der Waals surface area contributed by atoms with Gasteiger partial charge in [0.05, 0.1) is 11.0 Å². The molecule has 1 aromatic carbocycles. The van der Waals surface area contributed by atoms with Crippen LogP contribution in [0.5, 0.6) is 5.75 Å². The van der Waals surface area contributed by atoms with Crippen LogP contribution in [0.2, 0.25) is 0 Å². The first kappa shape index (κ1) is 17.6. The molecule has 0 radical (unpaired) electrons. The van der Waals surface area contributed by atoms with E-state index < -0.39 is 4.92 Å². The maximum atomic E-state index is 12.3. The molecule has 1 aromatic rings. The van der Waals surface area contributed by atoms with Crippen LogP contribution in [-0.2, 0) is 9.53 Å². The van der Waals surface area contributed by atoms with Crippen molar-refractivity contribution in [3.63, 3.8) is 0 Å². The summed E-state index contributed by atoms with van der Waals surface area (Å²) >= 11 is 0. The molecule has 0 aliphatic carbocycles. The van der Waals surface area contributed by atoms with Gasteiger partial charge in [-0.15, -0.1) is 0 Å². The average molecular weight is 349 g/mol. The van der Waals surface area contributed by atoms with Gasteiger partial charge in [0.15, 0.2) is 0 Å². The molecule has 0 N–H and O–H groups in total. The molecule has 0 aromatic heterocycles. The van der Waals surface area contributed by atoms with E-state index in [0.29, 0.717) is 32.1 Å². The number of amides is 1. The highest BCUT2D eigenvalue weighted by molar-refractivity contribution is 5.81. The van der Waals surface area contributed by atoms with Crippen molar-refractivity contribution in [3.05, 3.63) is 34.4 Å². The first-order chi connectivity index (χ1) is 12.1. The molecule has 3 rings (SSSR count). The van der Waals surface area contributed by atoms with Crippen molar-refractivity contribution in [2.45, 2.75) is 18.9 Å². The van der Waals surface area contributed by atoms with Crippen molar-refractivity contribution in [1.29, 1.82) is 0 Å². The predicted octanol–water partition coefficient (Wildman–Crippen LogP) is 1.30. The number of hydrogen-bond acceptors (Lipinski definition) is 6. The van der Waals surface area contributed by atoms with E-state index in [0.717, 1.165) is 32.5 Å². The molecule has 2 aliphatic rings. The molecular formula is C17H23N3O5. The van der Waals surface area contributed by atoms with Crippen LogP contribution in [0.4, 0.5) is 5.69 Å². The number of benzene rings is 1. The molecule has 0 bridgehead atoms. The fourth-order valence-electron chi connectivity index (χ4n) is 3.15. The van der Waals surface area contributed by atoms with E-state index in [1.54, 1.807) is 12.1 Å². The number of nitro groups is 1. The number of piperazine rings is 1. The molecule has 2 aliphatic heterocycles. The minimum absolute atomic E-state index is 0.0266. The first-order valence-corrected chi connectivity index (χ1v) is 8.63. The Morgan fingerprint density at radius 1 is 1.32 bits per heavy atom. The summed E-state index contributed by atoms with van der Waals surface area (Å²) in [5.74, 6) is 0.617. The van der Waals surface area contributed by atoms with Gasteiger partial charge in [-0.2, -0.15) is 0 Å². The summed E-state index contributed by atoms with van der Waals surface area (Å²) in [7, 11) is 0. The monoisotopic (exact) mass is 349 g/mol. The number of non-ortho nitro benzene ring substituents is 1. The summed E-state index contributed by atoms with van der Waals surface area (Å²) in [6.07, 6.45) is 1.55. The second kappa shape index (κ2) is 8.26. The number of ether oxygens (including phenoxy) is 2. The van der Waals surface area contributed by atoms with Crippen LogP contribution < -0.4 is 4.74 Å². The lowest BCUT2D eigenvalue weighted by atomic mass is 10.2. The zero-order valence-corrected chi connectivity index (χ0v) is 14.1. The van der Waals surface area contributed by atoms with Gasteiger partial charge in [0, 0.05) is 45.4 Å². The van der Waals surface area contributed by atoms with E-state index in [1.807, 2.05) is 4.90 Å². The van der Waals surface area contributed by atoms with E-state index in [-0.39, 0.29) is 17.7 Å². The number of carbonyl (C=O) groups excluding carboxylic acids is 1. The third-order valence-corrected chi connectivity index (χ3v) is 4.59. The van der Waals surface area contributed by atoms with Gasteiger partial charge in [0.2, 0.25) is 0 Å². The third-order valence-electron chi connectivity index (χ3n) is 4.59. The number of nitro benzene ring substituents is 1. The molecule has 25 heavy (non-hydrogen) atoms. The van der Waals surface area contributed by atoms with E-state index in [9.17, 15) is 14.9 Å². The maximum Gasteiger partial charge on any atom is 0.273 e. The zero-order valence-electron chi connectivity index (χ0n) is 14.1. The summed E-state index contributed by atoms with van der Waals surface area (Å²) < 4.78 is 11.1. The Balaban J connectivity index is 1.38. The predicted molar refractivity (Wildman–Crippen MR) is 90.6 cm³/mol. The number of nitrogens with zero attached hydrogens (tertiary/aromatic N) is 3. The zero-order chi connectivity index (χ0) is 17.6. The molecule has 0 unspecified atom stereocenters. The molecule has 8 heteroatoms. The van der Waals surface area contributed by atoms with Crippen LogP contribution in [0.15, 0.2) is 24.3 Å². The first-order valence-electron chi connectivity index (χ1n) is 8.63. The Morgan fingerprint density at radius 3 is 2.80 bits per heavy atom. The Morgan fingerprint density at radius 2 is 2.12 bits per heavy atom. The SMILES string of the molecule is O=C([C@H]1CCCO1)N1CCN(CCOc2cccc([N+](=O)[O-])c2)CC1. The second-order valence-corrected chi connectivity index (χ2v) is 6.27. The molecule has 0 spiro atoms. The number of rotatable bonds is 6. The Kier molecular flexibility index (Phi) is 5.83. The fourth-order valence-corrected chi connectivity index (χ4v) is 3.15. The maximum absolute atomic E-state index is 12.3. The molecule has 2 saturated heterocycles. The topological polar surface area (TPSA) is 85.2 Å². The highest BCUT2D eigenvalue weighted by Crippen LogP contribution is 2.19. The molecule has 1 amide bonds. The lowest BCUT2D eigenvalue weighted by molar-refractivity contribution is -0.384. The van der Waals surface area contributed by atoms with Gasteiger partial charge in [-0.25, -0.2) is 0 Å². The van der Waals surface area contributed by atoms with Crippen molar-refractivity contribution in [1.82, 2.24) is 9.80 Å². The van der Waals surface area contributed by atoms with Crippen LogP contribution in [0.25, 0.3) is 0 Å². The van der Waals surface area contributed by atoms with Crippen LogP contribution in [0.3, 0.4) is 0 Å². The Hall–Kier alpha value is -2.19. The standard InChI is InChI=1S/C17H23N3O5/c21-17(16-5-2-11-25-16)19-8-6-18(7-9-19)10-12-24-15-4-1-3-14(13-15)20(22)23/h1,3-4,13,16H,2,5-12H2/t16-/m1/s1. The van der Waals surface area contributed by atoms with Gasteiger partial charge in [-0.1, -0.05) is 6.07 Å². The molecular weight excluding hydrogens is 326 g/mol. The van der Waals surface area contributed by atoms with E-state index >= 15 is 0 Å². The van der Waals surface area contributed by atoms with E-state index in [4.69, 9.17) is 9.47 Å². The normalized spacial score (nSPS) is 21.3. The Labute approximate surface area is 146 Å². The van der Waals surface area contributed by atoms with Crippen LogP contribution in [0, 0.1) is 10.1 Å². The fraction of sp³-hybridized carbons (Fsp3) is 0.588. The van der Waals surface area contributed by atoms with Gasteiger partial charge >= 0.3 is 0 Å². The molecule has 0 saturated carbocycles. The van der Waals surface area contributed by atoms with Crippen LogP contribution in [-0.4, -0.2) is 72.7 Å². The third kappa shape index (κ3) is 4.67. The summed E-state index contributed by atoms with van der Waals surface area (Å²) in [5.41, 5.74) is 0.0266. The molecule has 2 heterocycles. The largest absolute Gasteiger partial charge is 0.492 e. The summed E-state index contributed by atoms with van der Waals surface area (Å²) in [6.45, 7) is 4.88. The summed E-state index contributed by atoms with van der Waals surface area (Å²) in [4.78, 5) is 26.7. The smallest absolute Gasteiger partial charge is 0.273 e. The highest BCUT2D eigenvalue weighted by atomic mass is 16.6. The molecule has 8 nitrogen and oxygen atoms in total. The number of hydrogen-bond donors (Lipinski definition) is 0. The lowest BCUT2D eigenvalue weighted by Gasteiger charge is -2.35. The molecule has 136 valence electrons. The quantitative estimate of drug-likeness (QED) is 0.568. The van der Waals surface area contributed by atoms with Crippen molar-refractivity contribution in [2.24, 2.45) is 0 Å². The highest BCUT2D eigenvalue weighted by Gasteiger charge is 2.30. The molecule has 1 atom stereocenters.